The normalized spacial score (nSPS) is 13.0. The van der Waals surface area contributed by atoms with Gasteiger partial charge in [0, 0.05) is 0 Å². The molecule has 4 nitrogen and oxygen atoms in total. The molecule has 1 unspecified atom stereocenters. The van der Waals surface area contributed by atoms with Crippen LogP contribution in [-0.4, -0.2) is 0 Å². The maximum atomic E-state index is 12.7. The van der Waals surface area contributed by atoms with E-state index in [9.17, 15) is 4.57 Å². The van der Waals surface area contributed by atoms with Crippen LogP contribution in [0.3, 0.4) is 0 Å². The summed E-state index contributed by atoms with van der Waals surface area (Å²) in [5, 5.41) is 0. The van der Waals surface area contributed by atoms with E-state index in [0.29, 0.717) is 11.5 Å². The molecule has 2 aromatic carbocycles. The third-order valence-electron chi connectivity index (χ3n) is 2.78. The summed E-state index contributed by atoms with van der Waals surface area (Å²) in [6.45, 7) is 7.15. The first-order chi connectivity index (χ1) is 10.0. The van der Waals surface area contributed by atoms with Crippen LogP contribution in [0.25, 0.3) is 0 Å². The lowest BCUT2D eigenvalue weighted by molar-refractivity contribution is 0.273. The number of benzene rings is 2. The molecule has 2 aromatic rings. The van der Waals surface area contributed by atoms with Gasteiger partial charge in [-0.1, -0.05) is 43.0 Å². The number of phosphoric acid groups is 1. The van der Waals surface area contributed by atoms with Gasteiger partial charge in [-0.3, -0.25) is 0 Å². The fourth-order valence-electron chi connectivity index (χ4n) is 1.82. The molecule has 2 rings (SSSR count). The van der Waals surface area contributed by atoms with Crippen LogP contribution in [0.4, 0.5) is 0 Å². The zero-order chi connectivity index (χ0) is 15.3. The number of aryl methyl sites for hydroxylation is 2. The van der Waals surface area contributed by atoms with Gasteiger partial charge in [-0.15, -0.1) is 0 Å². The highest BCUT2D eigenvalue weighted by Crippen LogP contribution is 2.51. The lowest BCUT2D eigenvalue weighted by Crippen LogP contribution is -2.04. The second-order valence-corrected chi connectivity index (χ2v) is 5.91. The molecule has 0 saturated heterocycles. The third kappa shape index (κ3) is 3.89. The van der Waals surface area contributed by atoms with Gasteiger partial charge in [0.15, 0.2) is 0 Å². The van der Waals surface area contributed by atoms with Crippen LogP contribution in [-0.2, 0) is 9.09 Å². The summed E-state index contributed by atoms with van der Waals surface area (Å²) < 4.78 is 28.7. The molecule has 0 fully saturated rings. The molecule has 0 N–H and O–H groups in total. The quantitative estimate of drug-likeness (QED) is 0.554. The molecule has 5 heteroatoms. The summed E-state index contributed by atoms with van der Waals surface area (Å²) >= 11 is 0. The lowest BCUT2D eigenvalue weighted by Gasteiger charge is -2.19. The zero-order valence-electron chi connectivity index (χ0n) is 12.0. The Bertz CT molecular complexity index is 647. The van der Waals surface area contributed by atoms with Crippen molar-refractivity contribution in [1.82, 2.24) is 0 Å². The highest BCUT2D eigenvalue weighted by Gasteiger charge is 2.32. The smallest absolute Gasteiger partial charge is 0.395 e. The Hall–Kier alpha value is -2.19. The summed E-state index contributed by atoms with van der Waals surface area (Å²) in [4.78, 5) is 0. The van der Waals surface area contributed by atoms with Gasteiger partial charge < -0.3 is 13.6 Å². The minimum atomic E-state index is -3.84. The summed E-state index contributed by atoms with van der Waals surface area (Å²) in [6.07, 6.45) is 1.05. The monoisotopic (exact) mass is 304 g/mol. The zero-order valence-corrected chi connectivity index (χ0v) is 12.9. The summed E-state index contributed by atoms with van der Waals surface area (Å²) in [5.41, 5.74) is 1.69. The molecule has 0 radical (unpaired) electrons. The van der Waals surface area contributed by atoms with Crippen molar-refractivity contribution in [1.29, 1.82) is 0 Å². The van der Waals surface area contributed by atoms with E-state index in [2.05, 4.69) is 6.58 Å². The van der Waals surface area contributed by atoms with Crippen LogP contribution >= 0.6 is 7.82 Å². The molecule has 110 valence electrons. The van der Waals surface area contributed by atoms with E-state index in [1.54, 1.807) is 24.3 Å². The van der Waals surface area contributed by atoms with Crippen LogP contribution in [0.15, 0.2) is 61.4 Å². The molecule has 0 amide bonds. The van der Waals surface area contributed by atoms with Crippen molar-refractivity contribution < 1.29 is 18.1 Å². The van der Waals surface area contributed by atoms with Crippen molar-refractivity contribution >= 4 is 7.82 Å². The van der Waals surface area contributed by atoms with E-state index >= 15 is 0 Å². The van der Waals surface area contributed by atoms with Crippen molar-refractivity contribution in [2.24, 2.45) is 0 Å². The largest absolute Gasteiger partial charge is 0.646 e. The SMILES string of the molecule is C=COP(=O)(Oc1ccccc1)Oc1c(C)cccc1C. The van der Waals surface area contributed by atoms with Crippen molar-refractivity contribution in [3.8, 4) is 11.5 Å². The first-order valence-corrected chi connectivity index (χ1v) is 7.90. The Morgan fingerprint density at radius 3 is 2.14 bits per heavy atom. The van der Waals surface area contributed by atoms with Crippen LogP contribution in [0, 0.1) is 13.8 Å². The first-order valence-electron chi connectivity index (χ1n) is 6.44. The molecule has 0 saturated carbocycles. The van der Waals surface area contributed by atoms with Gasteiger partial charge in [-0.05, 0) is 37.1 Å². The predicted octanol–water partition coefficient (Wildman–Crippen LogP) is 5.03. The minimum Gasteiger partial charge on any atom is -0.395 e. The van der Waals surface area contributed by atoms with Crippen LogP contribution in [0.1, 0.15) is 11.1 Å². The fourth-order valence-corrected chi connectivity index (χ4v) is 3.02. The van der Waals surface area contributed by atoms with E-state index in [0.717, 1.165) is 17.4 Å². The minimum absolute atomic E-state index is 0.397. The van der Waals surface area contributed by atoms with E-state index in [-0.39, 0.29) is 0 Å². The highest BCUT2D eigenvalue weighted by atomic mass is 31.2. The predicted molar refractivity (Wildman–Crippen MR) is 82.5 cm³/mol. The topological polar surface area (TPSA) is 44.8 Å². The van der Waals surface area contributed by atoms with E-state index in [1.165, 1.54) is 0 Å². The van der Waals surface area contributed by atoms with E-state index < -0.39 is 7.82 Å². The molecule has 0 aliphatic rings. The molecule has 0 aliphatic carbocycles. The standard InChI is InChI=1S/C16H17O4P/c1-4-18-21(17,19-15-11-6-5-7-12-15)20-16-13(2)9-8-10-14(16)3/h4-12H,1H2,2-3H3. The number of rotatable bonds is 6. The number of para-hydroxylation sites is 2. The van der Waals surface area contributed by atoms with Crippen molar-refractivity contribution in [3.63, 3.8) is 0 Å². The molecule has 0 bridgehead atoms. The van der Waals surface area contributed by atoms with Crippen molar-refractivity contribution in [3.05, 3.63) is 72.5 Å². The third-order valence-corrected chi connectivity index (χ3v) is 4.02. The van der Waals surface area contributed by atoms with Gasteiger partial charge in [0.25, 0.3) is 0 Å². The Balaban J connectivity index is 2.30. The van der Waals surface area contributed by atoms with Gasteiger partial charge >= 0.3 is 7.82 Å². The Morgan fingerprint density at radius 1 is 0.952 bits per heavy atom. The van der Waals surface area contributed by atoms with Gasteiger partial charge in [0.2, 0.25) is 0 Å². The average molecular weight is 304 g/mol. The number of phosphoric ester groups is 1. The van der Waals surface area contributed by atoms with E-state index in [4.69, 9.17) is 13.6 Å². The number of hydrogen-bond donors (Lipinski definition) is 0. The molecule has 0 aliphatic heterocycles. The molecular formula is C16H17O4P. The van der Waals surface area contributed by atoms with Crippen LogP contribution in [0.2, 0.25) is 0 Å². The molecule has 21 heavy (non-hydrogen) atoms. The Morgan fingerprint density at radius 2 is 1.57 bits per heavy atom. The van der Waals surface area contributed by atoms with Crippen LogP contribution in [0.5, 0.6) is 11.5 Å². The lowest BCUT2D eigenvalue weighted by atomic mass is 10.1. The molecule has 0 spiro atoms. The van der Waals surface area contributed by atoms with Gasteiger partial charge in [0.05, 0.1) is 6.26 Å². The summed E-state index contributed by atoms with van der Waals surface area (Å²) in [7, 11) is -3.84. The molecule has 0 heterocycles. The van der Waals surface area contributed by atoms with E-state index in [1.807, 2.05) is 38.1 Å². The van der Waals surface area contributed by atoms with Gasteiger partial charge in [-0.2, -0.15) is 4.57 Å². The number of hydrogen-bond acceptors (Lipinski definition) is 4. The fraction of sp³-hybridized carbons (Fsp3) is 0.125. The average Bonchev–Trinajstić information content (AvgIpc) is 2.44. The van der Waals surface area contributed by atoms with Gasteiger partial charge in [0.1, 0.15) is 11.5 Å². The second kappa shape index (κ2) is 6.51. The van der Waals surface area contributed by atoms with Crippen LogP contribution < -0.4 is 9.05 Å². The summed E-state index contributed by atoms with van der Waals surface area (Å²) in [5.74, 6) is 0.882. The molecule has 0 aromatic heterocycles. The summed E-state index contributed by atoms with van der Waals surface area (Å²) in [6, 6.07) is 14.3. The Kier molecular flexibility index (Phi) is 4.71. The van der Waals surface area contributed by atoms with Gasteiger partial charge in [-0.25, -0.2) is 0 Å². The second-order valence-electron chi connectivity index (χ2n) is 4.44. The van der Waals surface area contributed by atoms with Crippen molar-refractivity contribution in [2.75, 3.05) is 0 Å². The molecular weight excluding hydrogens is 287 g/mol. The maximum absolute atomic E-state index is 12.7. The highest BCUT2D eigenvalue weighted by molar-refractivity contribution is 7.49. The maximum Gasteiger partial charge on any atom is 0.646 e. The first kappa shape index (κ1) is 15.2. The Labute approximate surface area is 124 Å². The molecule has 1 atom stereocenters. The van der Waals surface area contributed by atoms with Crippen molar-refractivity contribution in [2.45, 2.75) is 13.8 Å².